The highest BCUT2D eigenvalue weighted by molar-refractivity contribution is 7.25. The predicted octanol–water partition coefficient (Wildman–Crippen LogP) is 14.1. The van der Waals surface area contributed by atoms with E-state index in [9.17, 15) is 0 Å². The van der Waals surface area contributed by atoms with Crippen LogP contribution in [0.4, 0.5) is 0 Å². The first-order valence-corrected chi connectivity index (χ1v) is 19.5. The molecular weight excluding hydrogens is 703 g/mol. The van der Waals surface area contributed by atoms with Gasteiger partial charge in [-0.15, -0.1) is 11.3 Å². The van der Waals surface area contributed by atoms with Gasteiger partial charge < -0.3 is 4.42 Å². The van der Waals surface area contributed by atoms with E-state index in [1.54, 1.807) is 0 Å². The van der Waals surface area contributed by atoms with E-state index in [1.807, 2.05) is 59.9 Å². The molecule has 3 heterocycles. The summed E-state index contributed by atoms with van der Waals surface area (Å²) in [5, 5.41) is 4.68. The summed E-state index contributed by atoms with van der Waals surface area (Å²) < 4.78 is 9.37. The number of fused-ring (bicyclic) bond motifs is 6. The number of para-hydroxylation sites is 1. The first kappa shape index (κ1) is 32.2. The lowest BCUT2D eigenvalue weighted by molar-refractivity contribution is 0.669. The van der Waals surface area contributed by atoms with Crippen LogP contribution in [0.25, 0.3) is 110 Å². The monoisotopic (exact) mass is 733 g/mol. The largest absolute Gasteiger partial charge is 0.455 e. The second-order valence-corrected chi connectivity index (χ2v) is 15.0. The van der Waals surface area contributed by atoms with Crippen molar-refractivity contribution in [2.45, 2.75) is 0 Å². The molecule has 0 amide bonds. The molecule has 262 valence electrons. The van der Waals surface area contributed by atoms with Crippen molar-refractivity contribution >= 4 is 53.4 Å². The molecule has 0 N–H and O–H groups in total. The molecule has 3 aromatic heterocycles. The number of benzene rings is 8. The molecule has 0 bridgehead atoms. The Labute approximate surface area is 327 Å². The van der Waals surface area contributed by atoms with Gasteiger partial charge in [-0.1, -0.05) is 158 Å². The molecule has 0 fully saturated rings. The van der Waals surface area contributed by atoms with Crippen LogP contribution in [0.15, 0.2) is 192 Å². The van der Waals surface area contributed by atoms with Crippen molar-refractivity contribution in [3.05, 3.63) is 188 Å². The number of thiophene rings is 1. The molecular formula is C51H31N3OS. The van der Waals surface area contributed by atoms with Gasteiger partial charge in [-0.05, 0) is 63.7 Å². The van der Waals surface area contributed by atoms with Gasteiger partial charge in [0.2, 0.25) is 0 Å². The van der Waals surface area contributed by atoms with E-state index in [-0.39, 0.29) is 0 Å². The lowest BCUT2D eigenvalue weighted by Gasteiger charge is -2.10. The summed E-state index contributed by atoms with van der Waals surface area (Å²) in [4.78, 5) is 15.2. The van der Waals surface area contributed by atoms with Crippen LogP contribution in [0.1, 0.15) is 0 Å². The van der Waals surface area contributed by atoms with Crippen molar-refractivity contribution in [1.29, 1.82) is 0 Å². The van der Waals surface area contributed by atoms with Gasteiger partial charge in [0.25, 0.3) is 0 Å². The van der Waals surface area contributed by atoms with Crippen LogP contribution >= 0.6 is 11.3 Å². The number of rotatable bonds is 6. The first-order chi connectivity index (χ1) is 27.7. The topological polar surface area (TPSA) is 51.8 Å². The summed E-state index contributed by atoms with van der Waals surface area (Å²) in [6.07, 6.45) is 0. The van der Waals surface area contributed by atoms with Gasteiger partial charge in [-0.3, -0.25) is 0 Å². The molecule has 0 atom stereocenters. The van der Waals surface area contributed by atoms with Crippen LogP contribution in [0.2, 0.25) is 0 Å². The second kappa shape index (κ2) is 13.3. The summed E-state index contributed by atoms with van der Waals surface area (Å²) in [5.41, 5.74) is 11.2. The minimum Gasteiger partial charge on any atom is -0.455 e. The molecule has 0 radical (unpaired) electrons. The minimum atomic E-state index is 0.560. The lowest BCUT2D eigenvalue weighted by atomic mass is 9.94. The molecule has 0 unspecified atom stereocenters. The molecule has 0 saturated heterocycles. The molecule has 0 aliphatic carbocycles. The van der Waals surface area contributed by atoms with Crippen LogP contribution in [-0.4, -0.2) is 15.0 Å². The average Bonchev–Trinajstić information content (AvgIpc) is 3.86. The number of aromatic nitrogens is 3. The molecule has 8 aromatic carbocycles. The van der Waals surface area contributed by atoms with Crippen molar-refractivity contribution in [3.63, 3.8) is 0 Å². The van der Waals surface area contributed by atoms with Crippen LogP contribution < -0.4 is 0 Å². The van der Waals surface area contributed by atoms with Gasteiger partial charge in [-0.2, -0.15) is 0 Å². The molecule has 0 aliphatic rings. The fourth-order valence-corrected chi connectivity index (χ4v) is 9.05. The fraction of sp³-hybridized carbons (Fsp3) is 0. The molecule has 0 spiro atoms. The quantitative estimate of drug-likeness (QED) is 0.171. The zero-order valence-electron chi connectivity index (χ0n) is 30.1. The summed E-state index contributed by atoms with van der Waals surface area (Å²) in [5.74, 6) is 1.77. The van der Waals surface area contributed by atoms with Gasteiger partial charge in [0.05, 0.1) is 5.56 Å². The van der Waals surface area contributed by atoms with E-state index in [4.69, 9.17) is 19.4 Å². The third-order valence-corrected chi connectivity index (χ3v) is 11.7. The van der Waals surface area contributed by atoms with E-state index in [0.717, 1.165) is 60.9 Å². The van der Waals surface area contributed by atoms with Crippen molar-refractivity contribution in [1.82, 2.24) is 15.0 Å². The van der Waals surface area contributed by atoms with E-state index in [2.05, 4.69) is 140 Å². The van der Waals surface area contributed by atoms with E-state index >= 15 is 0 Å². The van der Waals surface area contributed by atoms with Crippen molar-refractivity contribution in [3.8, 4) is 67.5 Å². The zero-order chi connectivity index (χ0) is 37.0. The van der Waals surface area contributed by atoms with E-state index in [0.29, 0.717) is 17.5 Å². The Kier molecular flexibility index (Phi) is 7.64. The third kappa shape index (κ3) is 5.48. The first-order valence-electron chi connectivity index (χ1n) is 18.7. The van der Waals surface area contributed by atoms with E-state index in [1.165, 1.54) is 31.3 Å². The Morgan fingerprint density at radius 3 is 1.61 bits per heavy atom. The molecule has 11 rings (SSSR count). The highest BCUT2D eigenvalue weighted by Gasteiger charge is 2.20. The average molecular weight is 734 g/mol. The molecule has 4 nitrogen and oxygen atoms in total. The van der Waals surface area contributed by atoms with Crippen molar-refractivity contribution < 1.29 is 4.42 Å². The van der Waals surface area contributed by atoms with Crippen LogP contribution in [0.5, 0.6) is 0 Å². The van der Waals surface area contributed by atoms with Crippen LogP contribution in [0.3, 0.4) is 0 Å². The highest BCUT2D eigenvalue weighted by atomic mass is 32.1. The Morgan fingerprint density at radius 1 is 0.339 bits per heavy atom. The maximum Gasteiger partial charge on any atom is 0.167 e. The lowest BCUT2D eigenvalue weighted by Crippen LogP contribution is -2.00. The Bertz CT molecular complexity index is 3240. The summed E-state index contributed by atoms with van der Waals surface area (Å²) in [6.45, 7) is 0. The van der Waals surface area contributed by atoms with Gasteiger partial charge in [0.15, 0.2) is 17.5 Å². The van der Waals surface area contributed by atoms with Gasteiger partial charge >= 0.3 is 0 Å². The smallest absolute Gasteiger partial charge is 0.167 e. The maximum atomic E-state index is 6.77. The number of hydrogen-bond acceptors (Lipinski definition) is 5. The summed E-state index contributed by atoms with van der Waals surface area (Å²) in [6, 6.07) is 65.6. The predicted molar refractivity (Wildman–Crippen MR) is 233 cm³/mol. The van der Waals surface area contributed by atoms with Gasteiger partial charge in [0, 0.05) is 42.1 Å². The number of hydrogen-bond donors (Lipinski definition) is 0. The molecule has 56 heavy (non-hydrogen) atoms. The normalized spacial score (nSPS) is 11.6. The Balaban J connectivity index is 1.05. The van der Waals surface area contributed by atoms with Gasteiger partial charge in [0.1, 0.15) is 11.2 Å². The molecule has 11 aromatic rings. The summed E-state index contributed by atoms with van der Waals surface area (Å²) in [7, 11) is 0. The SMILES string of the molecule is c1ccc(-c2ccc(-c3nc(-c4ccccc4)nc(-c4cccc5c4oc4cccc(-c6cccc(-c7cccc8sc9ccccc9c78)c6)c45)n3)cc2)cc1. The Morgan fingerprint density at radius 2 is 0.839 bits per heavy atom. The number of furan rings is 1. The zero-order valence-corrected chi connectivity index (χ0v) is 30.9. The third-order valence-electron chi connectivity index (χ3n) is 10.6. The van der Waals surface area contributed by atoms with E-state index < -0.39 is 0 Å². The molecule has 0 aliphatic heterocycles. The van der Waals surface area contributed by atoms with Crippen molar-refractivity contribution in [2.24, 2.45) is 0 Å². The van der Waals surface area contributed by atoms with Gasteiger partial charge in [-0.25, -0.2) is 15.0 Å². The Hall–Kier alpha value is -7.21. The summed E-state index contributed by atoms with van der Waals surface area (Å²) >= 11 is 1.85. The molecule has 5 heteroatoms. The maximum absolute atomic E-state index is 6.77. The molecule has 0 saturated carbocycles. The minimum absolute atomic E-state index is 0.560. The van der Waals surface area contributed by atoms with Crippen molar-refractivity contribution in [2.75, 3.05) is 0 Å². The van der Waals surface area contributed by atoms with Crippen LogP contribution in [-0.2, 0) is 0 Å². The standard InChI is InChI=1S/C51H31N3OS/c1-3-13-32(14-4-1)33-27-29-35(30-28-33)50-52-49(34-15-5-2-6-16-34)53-51(54-50)42-23-10-22-41-46-38(20-11-24-43(46)55-48(41)42)36-17-9-18-37(31-36)39-21-12-26-45-47(39)40-19-7-8-25-44(40)56-45/h1-31H. The fourth-order valence-electron chi connectivity index (χ4n) is 7.92. The highest BCUT2D eigenvalue weighted by Crippen LogP contribution is 2.43. The number of nitrogens with zero attached hydrogens (tertiary/aromatic N) is 3. The second-order valence-electron chi connectivity index (χ2n) is 13.9. The van der Waals surface area contributed by atoms with Crippen LogP contribution in [0, 0.1) is 0 Å².